The van der Waals surface area contributed by atoms with E-state index in [-0.39, 0.29) is 28.7 Å². The molecule has 1 aromatic heterocycles. The Morgan fingerprint density at radius 2 is 2.04 bits per heavy atom. The van der Waals surface area contributed by atoms with Crippen LogP contribution in [0.5, 0.6) is 0 Å². The number of nitrogens with zero attached hydrogens (tertiary/aromatic N) is 1. The minimum Gasteiger partial charge on any atom is -0.478 e. The van der Waals surface area contributed by atoms with Crippen molar-refractivity contribution < 1.29 is 23.9 Å². The van der Waals surface area contributed by atoms with Crippen molar-refractivity contribution in [1.82, 2.24) is 0 Å². The van der Waals surface area contributed by atoms with Gasteiger partial charge in [-0.1, -0.05) is 11.6 Å². The second-order valence-corrected chi connectivity index (χ2v) is 7.02. The fourth-order valence-electron chi connectivity index (χ4n) is 3.82. The van der Waals surface area contributed by atoms with Crippen LogP contribution >= 0.6 is 11.6 Å². The van der Waals surface area contributed by atoms with Crippen LogP contribution < -0.4 is 4.90 Å². The average Bonchev–Trinajstić information content (AvgIpc) is 3.16. The summed E-state index contributed by atoms with van der Waals surface area (Å²) < 4.78 is 5.47. The maximum Gasteiger partial charge on any atom is 0.335 e. The molecular weight excluding hydrogens is 370 g/mol. The minimum absolute atomic E-state index is 0.0133. The number of allylic oxidation sites excluding steroid dienone is 2. The van der Waals surface area contributed by atoms with Crippen molar-refractivity contribution in [2.24, 2.45) is 0 Å². The van der Waals surface area contributed by atoms with Crippen molar-refractivity contribution in [3.63, 3.8) is 0 Å². The normalized spacial score (nSPS) is 20.0. The highest BCUT2D eigenvalue weighted by Gasteiger charge is 2.41. The molecule has 138 valence electrons. The van der Waals surface area contributed by atoms with Gasteiger partial charge in [-0.15, -0.1) is 0 Å². The molecule has 1 N–H and O–H groups in total. The maximum atomic E-state index is 13.0. The largest absolute Gasteiger partial charge is 0.478 e. The number of carbonyl (C=O) groups excluding carboxylic acids is 2. The monoisotopic (exact) mass is 385 g/mol. The summed E-state index contributed by atoms with van der Waals surface area (Å²) in [4.78, 5) is 38.5. The molecule has 2 aromatic rings. The van der Waals surface area contributed by atoms with Gasteiger partial charge in [0, 0.05) is 24.1 Å². The molecular formula is C20H16ClNO5. The zero-order valence-electron chi connectivity index (χ0n) is 14.3. The lowest BCUT2D eigenvalue weighted by Gasteiger charge is -2.37. The van der Waals surface area contributed by atoms with E-state index < -0.39 is 11.9 Å². The van der Waals surface area contributed by atoms with Crippen LogP contribution in [-0.4, -0.2) is 22.8 Å². The molecule has 6 nitrogen and oxygen atoms in total. The lowest BCUT2D eigenvalue weighted by atomic mass is 9.79. The summed E-state index contributed by atoms with van der Waals surface area (Å²) in [5.74, 6) is -1.21. The number of aromatic carboxylic acids is 1. The molecule has 7 heteroatoms. The fourth-order valence-corrected chi connectivity index (χ4v) is 4.02. The fraction of sp³-hybridized carbons (Fsp3) is 0.250. The highest BCUT2D eigenvalue weighted by atomic mass is 35.5. The van der Waals surface area contributed by atoms with Crippen LogP contribution in [0.3, 0.4) is 0 Å². The number of rotatable bonds is 3. The first-order valence-corrected chi connectivity index (χ1v) is 9.00. The van der Waals surface area contributed by atoms with E-state index in [0.717, 1.165) is 0 Å². The number of amides is 1. The number of carboxylic acids is 1. The van der Waals surface area contributed by atoms with Gasteiger partial charge < -0.3 is 9.52 Å². The van der Waals surface area contributed by atoms with Gasteiger partial charge in [0.2, 0.25) is 5.91 Å². The van der Waals surface area contributed by atoms with Crippen molar-refractivity contribution >= 4 is 34.9 Å². The first kappa shape index (κ1) is 17.5. The Hall–Kier alpha value is -2.86. The van der Waals surface area contributed by atoms with Crippen LogP contribution in [0.2, 0.25) is 5.02 Å². The van der Waals surface area contributed by atoms with Crippen molar-refractivity contribution in [2.75, 3.05) is 4.90 Å². The quantitative estimate of drug-likeness (QED) is 0.857. The summed E-state index contributed by atoms with van der Waals surface area (Å²) in [6.45, 7) is 0. The molecule has 1 aliphatic heterocycles. The van der Waals surface area contributed by atoms with Crippen LogP contribution in [0.25, 0.3) is 0 Å². The topological polar surface area (TPSA) is 87.8 Å². The molecule has 27 heavy (non-hydrogen) atoms. The van der Waals surface area contributed by atoms with Crippen LogP contribution in [0.1, 0.15) is 47.7 Å². The van der Waals surface area contributed by atoms with Gasteiger partial charge in [-0.05, 0) is 43.2 Å². The van der Waals surface area contributed by atoms with Gasteiger partial charge in [-0.2, -0.15) is 0 Å². The van der Waals surface area contributed by atoms with E-state index in [2.05, 4.69) is 0 Å². The SMILES string of the molecule is O=C1CCCC2=C1C(c1ccco1)CC(=O)N2c1cc(C(=O)O)ccc1Cl. The standard InChI is InChI=1S/C20H16ClNO5/c21-13-7-6-11(20(25)26)9-15(13)22-14-3-1-4-16(23)19(14)12(10-18(22)24)17-5-2-8-27-17/h2,5-9,12H,1,3-4,10H2,(H,25,26). The summed E-state index contributed by atoms with van der Waals surface area (Å²) in [6.07, 6.45) is 3.17. The smallest absolute Gasteiger partial charge is 0.335 e. The van der Waals surface area contributed by atoms with Crippen LogP contribution in [0.4, 0.5) is 5.69 Å². The first-order valence-electron chi connectivity index (χ1n) is 8.63. The number of hydrogen-bond acceptors (Lipinski definition) is 4. The third-order valence-electron chi connectivity index (χ3n) is 5.00. The maximum absolute atomic E-state index is 13.0. The van der Waals surface area contributed by atoms with E-state index >= 15 is 0 Å². The molecule has 0 bridgehead atoms. The van der Waals surface area contributed by atoms with Crippen molar-refractivity contribution in [1.29, 1.82) is 0 Å². The number of carbonyl (C=O) groups is 3. The van der Waals surface area contributed by atoms with Crippen LogP contribution in [0, 0.1) is 0 Å². The van der Waals surface area contributed by atoms with Crippen molar-refractivity contribution in [3.05, 3.63) is 64.2 Å². The molecule has 1 aliphatic carbocycles. The Labute approximate surface area is 160 Å². The zero-order chi connectivity index (χ0) is 19.1. The van der Waals surface area contributed by atoms with Gasteiger partial charge in [0.1, 0.15) is 5.76 Å². The Bertz CT molecular complexity index is 976. The third kappa shape index (κ3) is 2.96. The highest BCUT2D eigenvalue weighted by molar-refractivity contribution is 6.34. The molecule has 1 unspecified atom stereocenters. The number of anilines is 1. The number of furan rings is 1. The molecule has 0 saturated heterocycles. The van der Waals surface area contributed by atoms with E-state index in [9.17, 15) is 19.5 Å². The first-order chi connectivity index (χ1) is 13.0. The predicted octanol–water partition coefficient (Wildman–Crippen LogP) is 4.16. The van der Waals surface area contributed by atoms with Gasteiger partial charge in [-0.3, -0.25) is 14.5 Å². The number of ketones is 1. The summed E-state index contributed by atoms with van der Waals surface area (Å²) in [5, 5.41) is 9.54. The number of carboxylic acid groups (broad SMARTS) is 1. The minimum atomic E-state index is -1.11. The predicted molar refractivity (Wildman–Crippen MR) is 97.8 cm³/mol. The molecule has 1 amide bonds. The molecule has 0 fully saturated rings. The van der Waals surface area contributed by atoms with Gasteiger partial charge in [0.25, 0.3) is 0 Å². The molecule has 2 heterocycles. The number of benzene rings is 1. The van der Waals surface area contributed by atoms with Gasteiger partial charge >= 0.3 is 5.97 Å². The summed E-state index contributed by atoms with van der Waals surface area (Å²) in [7, 11) is 0. The Morgan fingerprint density at radius 3 is 2.74 bits per heavy atom. The lowest BCUT2D eigenvalue weighted by molar-refractivity contribution is -0.120. The van der Waals surface area contributed by atoms with E-state index in [4.69, 9.17) is 16.0 Å². The van der Waals surface area contributed by atoms with E-state index in [1.165, 1.54) is 29.4 Å². The molecule has 1 aromatic carbocycles. The number of halogens is 1. The van der Waals surface area contributed by atoms with Crippen molar-refractivity contribution in [3.8, 4) is 0 Å². The van der Waals surface area contributed by atoms with Crippen LogP contribution in [0.15, 0.2) is 52.3 Å². The zero-order valence-corrected chi connectivity index (χ0v) is 15.0. The molecule has 0 spiro atoms. The van der Waals surface area contributed by atoms with Gasteiger partial charge in [-0.25, -0.2) is 4.79 Å². The average molecular weight is 386 g/mol. The Morgan fingerprint density at radius 1 is 1.22 bits per heavy atom. The van der Waals surface area contributed by atoms with E-state index in [1.54, 1.807) is 12.1 Å². The molecule has 2 aliphatic rings. The third-order valence-corrected chi connectivity index (χ3v) is 5.32. The Balaban J connectivity index is 1.89. The molecule has 0 saturated carbocycles. The second kappa shape index (κ2) is 6.70. The summed E-state index contributed by atoms with van der Waals surface area (Å²) in [6, 6.07) is 7.71. The lowest BCUT2D eigenvalue weighted by Crippen LogP contribution is -2.40. The summed E-state index contributed by atoms with van der Waals surface area (Å²) >= 11 is 6.29. The molecule has 1 atom stereocenters. The van der Waals surface area contributed by atoms with E-state index in [1.807, 2.05) is 0 Å². The summed E-state index contributed by atoms with van der Waals surface area (Å²) in [5.41, 5.74) is 1.47. The van der Waals surface area contributed by atoms with Crippen molar-refractivity contribution in [2.45, 2.75) is 31.6 Å². The van der Waals surface area contributed by atoms with E-state index in [0.29, 0.717) is 42.0 Å². The number of Topliss-reactive ketones (excluding diaryl/α,β-unsaturated/α-hetero) is 1. The van der Waals surface area contributed by atoms with Gasteiger partial charge in [0.05, 0.1) is 28.5 Å². The molecule has 0 radical (unpaired) electrons. The van der Waals surface area contributed by atoms with Crippen LogP contribution in [-0.2, 0) is 9.59 Å². The second-order valence-electron chi connectivity index (χ2n) is 6.61. The number of hydrogen-bond donors (Lipinski definition) is 1. The molecule has 4 rings (SSSR count). The van der Waals surface area contributed by atoms with Gasteiger partial charge in [0.15, 0.2) is 5.78 Å². The Kier molecular flexibility index (Phi) is 4.36. The highest BCUT2D eigenvalue weighted by Crippen LogP contribution is 2.44.